The summed E-state index contributed by atoms with van der Waals surface area (Å²) in [6.45, 7) is 4.78. The largest absolute Gasteiger partial charge is 0.338 e. The lowest BCUT2D eigenvalue weighted by molar-refractivity contribution is -0.135. The fraction of sp³-hybridized carbons (Fsp3) is 0.500. The Bertz CT molecular complexity index is 781. The van der Waals surface area contributed by atoms with E-state index in [1.54, 1.807) is 13.0 Å². The average Bonchev–Trinajstić information content (AvgIpc) is 2.58. The van der Waals surface area contributed by atoms with Crippen LogP contribution in [0.15, 0.2) is 29.1 Å². The second kappa shape index (κ2) is 6.52. The van der Waals surface area contributed by atoms with Crippen LogP contribution < -0.4 is 5.56 Å². The molecule has 5 heteroatoms. The summed E-state index contributed by atoms with van der Waals surface area (Å²) in [7, 11) is 0. The summed E-state index contributed by atoms with van der Waals surface area (Å²) < 4.78 is 1.51. The second-order valence-corrected chi connectivity index (χ2v) is 6.21. The standard InChI is InChI=1S/C18H23N3O2/c1-3-14-8-6-7-11-20(14)17(22)12-21-13(2)19-16-10-5-4-9-15(16)18(21)23/h4-5,9-10,14H,3,6-8,11-12H2,1-2H3/t14-/m0/s1. The highest BCUT2D eigenvalue weighted by atomic mass is 16.2. The molecule has 1 saturated heterocycles. The van der Waals surface area contributed by atoms with Gasteiger partial charge in [-0.1, -0.05) is 19.1 Å². The van der Waals surface area contributed by atoms with Gasteiger partial charge in [0.25, 0.3) is 5.56 Å². The molecule has 1 atom stereocenters. The van der Waals surface area contributed by atoms with Crippen LogP contribution in [-0.2, 0) is 11.3 Å². The van der Waals surface area contributed by atoms with Crippen molar-refractivity contribution in [2.75, 3.05) is 6.54 Å². The number of aryl methyl sites for hydroxylation is 1. The van der Waals surface area contributed by atoms with E-state index >= 15 is 0 Å². The van der Waals surface area contributed by atoms with Gasteiger partial charge in [0.15, 0.2) is 0 Å². The van der Waals surface area contributed by atoms with Crippen LogP contribution in [0, 0.1) is 6.92 Å². The molecule has 1 fully saturated rings. The lowest BCUT2D eigenvalue weighted by atomic mass is 10.00. The third kappa shape index (κ3) is 3.00. The number of fused-ring (bicyclic) bond motifs is 1. The molecular weight excluding hydrogens is 290 g/mol. The van der Waals surface area contributed by atoms with E-state index in [9.17, 15) is 9.59 Å². The van der Waals surface area contributed by atoms with Crippen molar-refractivity contribution in [1.82, 2.24) is 14.5 Å². The van der Waals surface area contributed by atoms with E-state index in [1.807, 2.05) is 23.1 Å². The van der Waals surface area contributed by atoms with Crippen LogP contribution in [0.25, 0.3) is 10.9 Å². The third-order valence-electron chi connectivity index (χ3n) is 4.76. The Balaban J connectivity index is 1.92. The zero-order valence-electron chi connectivity index (χ0n) is 13.8. The van der Waals surface area contributed by atoms with Crippen molar-refractivity contribution in [3.8, 4) is 0 Å². The van der Waals surface area contributed by atoms with Gasteiger partial charge in [0, 0.05) is 12.6 Å². The highest BCUT2D eigenvalue weighted by Crippen LogP contribution is 2.20. The first-order valence-electron chi connectivity index (χ1n) is 8.37. The molecule has 2 heterocycles. The summed E-state index contributed by atoms with van der Waals surface area (Å²) in [5.74, 6) is 0.617. The number of aromatic nitrogens is 2. The summed E-state index contributed by atoms with van der Waals surface area (Å²) in [5.41, 5.74) is 0.551. The van der Waals surface area contributed by atoms with Gasteiger partial charge in [0.2, 0.25) is 5.91 Å². The van der Waals surface area contributed by atoms with Gasteiger partial charge in [-0.05, 0) is 44.7 Å². The number of benzene rings is 1. The van der Waals surface area contributed by atoms with Crippen molar-refractivity contribution in [1.29, 1.82) is 0 Å². The Labute approximate surface area is 135 Å². The molecule has 0 saturated carbocycles. The number of hydrogen-bond acceptors (Lipinski definition) is 3. The Morgan fingerprint density at radius 1 is 1.30 bits per heavy atom. The molecule has 0 aliphatic carbocycles. The minimum atomic E-state index is -0.133. The van der Waals surface area contributed by atoms with Crippen LogP contribution in [0.2, 0.25) is 0 Å². The first kappa shape index (κ1) is 15.7. The van der Waals surface area contributed by atoms with E-state index in [1.165, 1.54) is 11.0 Å². The molecule has 0 radical (unpaired) electrons. The first-order chi connectivity index (χ1) is 11.1. The van der Waals surface area contributed by atoms with Crippen LogP contribution in [0.3, 0.4) is 0 Å². The van der Waals surface area contributed by atoms with Crippen molar-refractivity contribution in [3.63, 3.8) is 0 Å². The molecule has 1 aromatic heterocycles. The number of carbonyl (C=O) groups is 1. The number of para-hydroxylation sites is 1. The topological polar surface area (TPSA) is 55.2 Å². The van der Waals surface area contributed by atoms with Gasteiger partial charge in [-0.25, -0.2) is 4.98 Å². The minimum absolute atomic E-state index is 0.0267. The van der Waals surface area contributed by atoms with E-state index in [2.05, 4.69) is 11.9 Å². The number of hydrogen-bond donors (Lipinski definition) is 0. The summed E-state index contributed by atoms with van der Waals surface area (Å²) in [6, 6.07) is 7.59. The van der Waals surface area contributed by atoms with Gasteiger partial charge < -0.3 is 4.90 Å². The van der Waals surface area contributed by atoms with Gasteiger partial charge in [0.05, 0.1) is 10.9 Å². The van der Waals surface area contributed by atoms with Crippen LogP contribution >= 0.6 is 0 Å². The fourth-order valence-corrected chi connectivity index (χ4v) is 3.44. The SMILES string of the molecule is CC[C@H]1CCCCN1C(=O)Cn1c(C)nc2ccccc2c1=O. The Kier molecular flexibility index (Phi) is 4.46. The fourth-order valence-electron chi connectivity index (χ4n) is 3.44. The van der Waals surface area contributed by atoms with Crippen molar-refractivity contribution in [2.45, 2.75) is 52.1 Å². The van der Waals surface area contributed by atoms with E-state index in [4.69, 9.17) is 0 Å². The summed E-state index contributed by atoms with van der Waals surface area (Å²) in [5, 5.41) is 0.566. The van der Waals surface area contributed by atoms with E-state index in [0.29, 0.717) is 22.8 Å². The predicted molar refractivity (Wildman–Crippen MR) is 90.4 cm³/mol. The number of piperidine rings is 1. The summed E-state index contributed by atoms with van der Waals surface area (Å²) >= 11 is 0. The van der Waals surface area contributed by atoms with Crippen molar-refractivity contribution in [3.05, 3.63) is 40.4 Å². The van der Waals surface area contributed by atoms with Crippen LogP contribution in [-0.4, -0.2) is 32.9 Å². The molecule has 5 nitrogen and oxygen atoms in total. The van der Waals surface area contributed by atoms with Crippen LogP contribution in [0.1, 0.15) is 38.4 Å². The highest BCUT2D eigenvalue weighted by Gasteiger charge is 2.26. The third-order valence-corrected chi connectivity index (χ3v) is 4.76. The van der Waals surface area contributed by atoms with Crippen molar-refractivity contribution in [2.24, 2.45) is 0 Å². The average molecular weight is 313 g/mol. The van der Waals surface area contributed by atoms with Gasteiger partial charge in [-0.15, -0.1) is 0 Å². The summed E-state index contributed by atoms with van der Waals surface area (Å²) in [6.07, 6.45) is 4.26. The maximum Gasteiger partial charge on any atom is 0.261 e. The molecule has 1 aliphatic heterocycles. The summed E-state index contributed by atoms with van der Waals surface area (Å²) in [4.78, 5) is 31.8. The monoisotopic (exact) mass is 313 g/mol. The van der Waals surface area contributed by atoms with Crippen LogP contribution in [0.4, 0.5) is 0 Å². The number of amides is 1. The molecule has 0 N–H and O–H groups in total. The van der Waals surface area contributed by atoms with Gasteiger partial charge in [-0.3, -0.25) is 14.2 Å². The molecule has 122 valence electrons. The van der Waals surface area contributed by atoms with Gasteiger partial charge in [-0.2, -0.15) is 0 Å². The number of nitrogens with zero attached hydrogens (tertiary/aromatic N) is 3. The second-order valence-electron chi connectivity index (χ2n) is 6.21. The lowest BCUT2D eigenvalue weighted by Gasteiger charge is -2.35. The van der Waals surface area contributed by atoms with E-state index < -0.39 is 0 Å². The van der Waals surface area contributed by atoms with E-state index in [0.717, 1.165) is 25.8 Å². The lowest BCUT2D eigenvalue weighted by Crippen LogP contribution is -2.46. The zero-order chi connectivity index (χ0) is 16.4. The molecule has 0 unspecified atom stereocenters. The molecule has 23 heavy (non-hydrogen) atoms. The van der Waals surface area contributed by atoms with E-state index in [-0.39, 0.29) is 18.0 Å². The van der Waals surface area contributed by atoms with Crippen molar-refractivity contribution >= 4 is 16.8 Å². The Morgan fingerprint density at radius 2 is 2.09 bits per heavy atom. The Hall–Kier alpha value is -2.17. The first-order valence-corrected chi connectivity index (χ1v) is 8.37. The van der Waals surface area contributed by atoms with Crippen molar-refractivity contribution < 1.29 is 4.79 Å². The molecule has 0 spiro atoms. The molecule has 1 aliphatic rings. The number of likely N-dealkylation sites (tertiary alicyclic amines) is 1. The number of carbonyl (C=O) groups excluding carboxylic acids is 1. The van der Waals surface area contributed by atoms with Crippen LogP contribution in [0.5, 0.6) is 0 Å². The number of rotatable bonds is 3. The van der Waals surface area contributed by atoms with Gasteiger partial charge >= 0.3 is 0 Å². The predicted octanol–water partition coefficient (Wildman–Crippen LogP) is 2.50. The molecule has 1 amide bonds. The highest BCUT2D eigenvalue weighted by molar-refractivity contribution is 5.79. The molecular formula is C18H23N3O2. The molecule has 3 rings (SSSR count). The zero-order valence-corrected chi connectivity index (χ0v) is 13.8. The molecule has 0 bridgehead atoms. The Morgan fingerprint density at radius 3 is 2.87 bits per heavy atom. The normalized spacial score (nSPS) is 18.3. The smallest absolute Gasteiger partial charge is 0.261 e. The quantitative estimate of drug-likeness (QED) is 0.875. The van der Waals surface area contributed by atoms with Gasteiger partial charge in [0.1, 0.15) is 12.4 Å². The minimum Gasteiger partial charge on any atom is -0.338 e. The molecule has 1 aromatic carbocycles. The molecule has 2 aromatic rings. The maximum absolute atomic E-state index is 12.7. The maximum atomic E-state index is 12.7.